The number of benzene rings is 2. The van der Waals surface area contributed by atoms with Gasteiger partial charge in [-0.3, -0.25) is 9.52 Å². The van der Waals surface area contributed by atoms with E-state index >= 15 is 0 Å². The van der Waals surface area contributed by atoms with Crippen LogP contribution in [0.2, 0.25) is 0 Å². The highest BCUT2D eigenvalue weighted by Gasteiger charge is 2.15. The van der Waals surface area contributed by atoms with E-state index < -0.39 is 10.0 Å². The summed E-state index contributed by atoms with van der Waals surface area (Å²) in [6.45, 7) is 2.31. The Kier molecular flexibility index (Phi) is 6.50. The fourth-order valence-corrected chi connectivity index (χ4v) is 3.75. The van der Waals surface area contributed by atoms with Crippen molar-refractivity contribution >= 4 is 37.5 Å². The van der Waals surface area contributed by atoms with E-state index in [4.69, 9.17) is 4.74 Å². The van der Waals surface area contributed by atoms with Gasteiger partial charge in [0.1, 0.15) is 11.3 Å². The molecule has 0 radical (unpaired) electrons. The summed E-state index contributed by atoms with van der Waals surface area (Å²) >= 11 is 3.28. The molecule has 0 saturated carbocycles. The zero-order valence-electron chi connectivity index (χ0n) is 15.4. The van der Waals surface area contributed by atoms with Crippen molar-refractivity contribution in [3.63, 3.8) is 0 Å². The van der Waals surface area contributed by atoms with E-state index in [1.54, 1.807) is 48.5 Å². The lowest BCUT2D eigenvalue weighted by Gasteiger charge is -2.11. The lowest BCUT2D eigenvalue weighted by atomic mass is 10.2. The number of carbonyl (C=O) groups is 1. The maximum Gasteiger partial charge on any atom is 0.261 e. The molecule has 0 aliphatic rings. The maximum atomic E-state index is 12.5. The van der Waals surface area contributed by atoms with Crippen molar-refractivity contribution in [3.05, 3.63) is 76.9 Å². The molecule has 1 amide bonds. The molecule has 29 heavy (non-hydrogen) atoms. The number of hydrogen-bond donors (Lipinski definition) is 2. The van der Waals surface area contributed by atoms with Gasteiger partial charge in [-0.2, -0.15) is 0 Å². The van der Waals surface area contributed by atoms with Crippen LogP contribution >= 0.6 is 15.9 Å². The summed E-state index contributed by atoms with van der Waals surface area (Å²) in [7, 11) is -3.70. The second-order valence-corrected chi connectivity index (χ2v) is 8.50. The van der Waals surface area contributed by atoms with Gasteiger partial charge in [0, 0.05) is 22.9 Å². The highest BCUT2D eigenvalue weighted by atomic mass is 79.9. The molecule has 150 valence electrons. The van der Waals surface area contributed by atoms with Crippen molar-refractivity contribution in [1.29, 1.82) is 0 Å². The second-order valence-electron chi connectivity index (χ2n) is 5.90. The lowest BCUT2D eigenvalue weighted by molar-refractivity contribution is 0.0953. The van der Waals surface area contributed by atoms with E-state index in [1.165, 1.54) is 18.3 Å². The molecule has 2 N–H and O–H groups in total. The highest BCUT2D eigenvalue weighted by Crippen LogP contribution is 2.25. The van der Waals surface area contributed by atoms with Gasteiger partial charge in [-0.25, -0.2) is 13.4 Å². The van der Waals surface area contributed by atoms with Crippen LogP contribution in [0, 0.1) is 0 Å². The molecule has 3 rings (SSSR count). The molecular formula is C20H18BrN3O4S. The van der Waals surface area contributed by atoms with Crippen LogP contribution in [0.25, 0.3) is 0 Å². The molecule has 2 aromatic carbocycles. The normalized spacial score (nSPS) is 11.0. The van der Waals surface area contributed by atoms with Crippen molar-refractivity contribution in [2.75, 3.05) is 11.3 Å². The first-order chi connectivity index (χ1) is 13.9. The molecule has 3 aromatic rings. The quantitative estimate of drug-likeness (QED) is 0.533. The molecular weight excluding hydrogens is 458 g/mol. The van der Waals surface area contributed by atoms with Crippen LogP contribution in [0.1, 0.15) is 17.3 Å². The monoisotopic (exact) mass is 475 g/mol. The van der Waals surface area contributed by atoms with Crippen molar-refractivity contribution in [2.45, 2.75) is 11.8 Å². The number of halogens is 1. The summed E-state index contributed by atoms with van der Waals surface area (Å²) in [6, 6.07) is 15.9. The van der Waals surface area contributed by atoms with Crippen LogP contribution in [-0.4, -0.2) is 25.9 Å². The molecule has 9 heteroatoms. The van der Waals surface area contributed by atoms with Crippen LogP contribution in [0.3, 0.4) is 0 Å². The number of amides is 1. The van der Waals surface area contributed by atoms with Crippen LogP contribution in [-0.2, 0) is 10.0 Å². The Morgan fingerprint density at radius 3 is 2.41 bits per heavy atom. The number of aromatic nitrogens is 1. The second kappa shape index (κ2) is 9.06. The third kappa shape index (κ3) is 5.33. The van der Waals surface area contributed by atoms with E-state index in [0.717, 1.165) is 4.47 Å². The fourth-order valence-electron chi connectivity index (χ4n) is 2.43. The van der Waals surface area contributed by atoms with E-state index in [1.807, 2.05) is 6.92 Å². The number of anilines is 1. The number of hydrogen-bond acceptors (Lipinski definition) is 5. The molecule has 0 atom stereocenters. The van der Waals surface area contributed by atoms with Gasteiger partial charge in [0.25, 0.3) is 15.9 Å². The molecule has 0 bridgehead atoms. The van der Waals surface area contributed by atoms with Crippen LogP contribution in [0.15, 0.2) is 76.2 Å². The molecule has 0 saturated heterocycles. The van der Waals surface area contributed by atoms with Crippen LogP contribution < -0.4 is 14.8 Å². The first kappa shape index (κ1) is 20.8. The SMILES string of the molecule is CCNC(=O)c1cccnc1Oc1ccc(NS(=O)(=O)c2ccc(Br)cc2)cc1. The van der Waals surface area contributed by atoms with E-state index in [9.17, 15) is 13.2 Å². The Morgan fingerprint density at radius 2 is 1.76 bits per heavy atom. The topological polar surface area (TPSA) is 97.4 Å². The van der Waals surface area contributed by atoms with Crippen LogP contribution in [0.4, 0.5) is 5.69 Å². The smallest absolute Gasteiger partial charge is 0.261 e. The van der Waals surface area contributed by atoms with Crippen molar-refractivity contribution < 1.29 is 17.9 Å². The highest BCUT2D eigenvalue weighted by molar-refractivity contribution is 9.10. The van der Waals surface area contributed by atoms with Gasteiger partial charge in [0.2, 0.25) is 5.88 Å². The van der Waals surface area contributed by atoms with Gasteiger partial charge in [0.05, 0.1) is 4.90 Å². The third-order valence-corrected chi connectivity index (χ3v) is 5.72. The lowest BCUT2D eigenvalue weighted by Crippen LogP contribution is -2.23. The first-order valence-corrected chi connectivity index (χ1v) is 11.0. The van der Waals surface area contributed by atoms with Gasteiger partial charge < -0.3 is 10.1 Å². The van der Waals surface area contributed by atoms with Gasteiger partial charge in [-0.1, -0.05) is 15.9 Å². The van der Waals surface area contributed by atoms with Gasteiger partial charge in [-0.05, 0) is 67.6 Å². The Bertz CT molecular complexity index is 1100. The summed E-state index contributed by atoms with van der Waals surface area (Å²) in [5.74, 6) is 0.303. The summed E-state index contributed by atoms with van der Waals surface area (Å²) < 4.78 is 33.9. The van der Waals surface area contributed by atoms with E-state index in [2.05, 4.69) is 31.0 Å². The van der Waals surface area contributed by atoms with Gasteiger partial charge in [0.15, 0.2) is 0 Å². The largest absolute Gasteiger partial charge is 0.438 e. The van der Waals surface area contributed by atoms with E-state index in [-0.39, 0.29) is 16.7 Å². The van der Waals surface area contributed by atoms with Gasteiger partial charge >= 0.3 is 0 Å². The first-order valence-electron chi connectivity index (χ1n) is 8.68. The van der Waals surface area contributed by atoms with Crippen molar-refractivity contribution in [3.8, 4) is 11.6 Å². The average molecular weight is 476 g/mol. The third-order valence-electron chi connectivity index (χ3n) is 3.80. The fraction of sp³-hybridized carbons (Fsp3) is 0.100. The number of carbonyl (C=O) groups excluding carboxylic acids is 1. The number of nitrogens with one attached hydrogen (secondary N) is 2. The molecule has 0 fully saturated rings. The van der Waals surface area contributed by atoms with E-state index in [0.29, 0.717) is 23.5 Å². The maximum absolute atomic E-state index is 12.5. The summed E-state index contributed by atoms with van der Waals surface area (Å²) in [5, 5.41) is 2.70. The number of rotatable bonds is 7. The number of ether oxygens (including phenoxy) is 1. The molecule has 0 spiro atoms. The zero-order chi connectivity index (χ0) is 20.9. The number of nitrogens with zero attached hydrogens (tertiary/aromatic N) is 1. The molecule has 0 aliphatic heterocycles. The summed E-state index contributed by atoms with van der Waals surface area (Å²) in [5.41, 5.74) is 0.694. The standard InChI is InChI=1S/C20H18BrN3O4S/c1-2-22-19(25)18-4-3-13-23-20(18)28-16-9-7-15(8-10-16)24-29(26,27)17-11-5-14(21)6-12-17/h3-13,24H,2H2,1H3,(H,22,25). The number of sulfonamides is 1. The predicted octanol–water partition coefficient (Wildman–Crippen LogP) is 4.19. The minimum Gasteiger partial charge on any atom is -0.438 e. The van der Waals surface area contributed by atoms with Gasteiger partial charge in [-0.15, -0.1) is 0 Å². The number of pyridine rings is 1. The summed E-state index contributed by atoms with van der Waals surface area (Å²) in [6.07, 6.45) is 1.53. The molecule has 1 aromatic heterocycles. The Balaban J connectivity index is 1.74. The van der Waals surface area contributed by atoms with Crippen molar-refractivity contribution in [1.82, 2.24) is 10.3 Å². The summed E-state index contributed by atoms with van der Waals surface area (Å²) in [4.78, 5) is 16.4. The Hall–Kier alpha value is -2.91. The Morgan fingerprint density at radius 1 is 1.07 bits per heavy atom. The molecule has 7 nitrogen and oxygen atoms in total. The average Bonchev–Trinajstić information content (AvgIpc) is 2.70. The zero-order valence-corrected chi connectivity index (χ0v) is 17.8. The van der Waals surface area contributed by atoms with Crippen molar-refractivity contribution in [2.24, 2.45) is 0 Å². The predicted molar refractivity (Wildman–Crippen MR) is 114 cm³/mol. The molecule has 0 aliphatic carbocycles. The molecule has 1 heterocycles. The Labute approximate surface area is 177 Å². The minimum absolute atomic E-state index is 0.154. The molecule has 0 unspecified atom stereocenters. The van der Waals surface area contributed by atoms with Crippen LogP contribution in [0.5, 0.6) is 11.6 Å². The minimum atomic E-state index is -3.70.